The van der Waals surface area contributed by atoms with Gasteiger partial charge in [0, 0.05) is 36.9 Å². The summed E-state index contributed by atoms with van der Waals surface area (Å²) in [5.41, 5.74) is 2.31. The first-order valence-electron chi connectivity index (χ1n) is 11.2. The highest BCUT2D eigenvalue weighted by atomic mass is 35.5. The van der Waals surface area contributed by atoms with Gasteiger partial charge in [-0.3, -0.25) is 9.78 Å². The molecule has 0 saturated heterocycles. The smallest absolute Gasteiger partial charge is 0.272 e. The summed E-state index contributed by atoms with van der Waals surface area (Å²) in [6.07, 6.45) is 3.67. The Hall–Kier alpha value is -2.88. The molecule has 0 aliphatic heterocycles. The number of pyridine rings is 1. The number of carbonyl (C=O) groups excluding carboxylic acids is 1. The third-order valence-corrected chi connectivity index (χ3v) is 7.88. The second kappa shape index (κ2) is 11.9. The van der Waals surface area contributed by atoms with Gasteiger partial charge >= 0.3 is 0 Å². The van der Waals surface area contributed by atoms with Crippen LogP contribution in [0, 0.1) is 11.3 Å². The Morgan fingerprint density at radius 3 is 2.69 bits per heavy atom. The van der Waals surface area contributed by atoms with Gasteiger partial charge in [0.1, 0.15) is 11.1 Å². The fourth-order valence-electron chi connectivity index (χ4n) is 3.53. The number of anilines is 2. The van der Waals surface area contributed by atoms with Crippen LogP contribution in [0.2, 0.25) is 5.02 Å². The molecule has 3 aromatic rings. The molecule has 4 rings (SSSR count). The number of amides is 1. The molecule has 1 amide bonds. The summed E-state index contributed by atoms with van der Waals surface area (Å²) in [7, 11) is 1.49. The van der Waals surface area contributed by atoms with Crippen LogP contribution in [0.15, 0.2) is 42.6 Å². The van der Waals surface area contributed by atoms with Crippen LogP contribution >= 0.6 is 22.9 Å². The van der Waals surface area contributed by atoms with Gasteiger partial charge in [-0.2, -0.15) is 5.26 Å². The summed E-state index contributed by atoms with van der Waals surface area (Å²) in [6.45, 7) is 0.592. The molecule has 2 atom stereocenters. The van der Waals surface area contributed by atoms with Crippen LogP contribution in [0.5, 0.6) is 0 Å². The standard InChI is InChI=1S/C24H24ClN5O4S2/c1-34-11-10-20(36(32)33)28-23(31)21-22(16-4-5-16)35-24(29-21)30(14-18-7-6-17(25)13-27-18)19-8-2-15(12-26)3-9-19/h2-3,6-9,13,16,20H,4-5,10-11,14H2,1H3,(H,28,31)(H,32,33). The van der Waals surface area contributed by atoms with Gasteiger partial charge in [0.25, 0.3) is 5.91 Å². The lowest BCUT2D eigenvalue weighted by atomic mass is 10.2. The topological polar surface area (TPSA) is 128 Å². The van der Waals surface area contributed by atoms with E-state index in [1.807, 2.05) is 23.1 Å². The molecule has 0 radical (unpaired) electrons. The predicted molar refractivity (Wildman–Crippen MR) is 139 cm³/mol. The summed E-state index contributed by atoms with van der Waals surface area (Å²) >= 11 is 5.17. The highest BCUT2D eigenvalue weighted by molar-refractivity contribution is 7.79. The fourth-order valence-corrected chi connectivity index (χ4v) is 5.40. The zero-order chi connectivity index (χ0) is 25.7. The van der Waals surface area contributed by atoms with Gasteiger partial charge in [-0.25, -0.2) is 9.19 Å². The number of hydrogen-bond acceptors (Lipinski definition) is 8. The predicted octanol–water partition coefficient (Wildman–Crippen LogP) is 4.59. The average Bonchev–Trinajstić information content (AvgIpc) is 3.64. The van der Waals surface area contributed by atoms with Crippen LogP contribution in [-0.4, -0.2) is 43.7 Å². The Morgan fingerprint density at radius 1 is 1.36 bits per heavy atom. The van der Waals surface area contributed by atoms with E-state index < -0.39 is 22.4 Å². The molecule has 1 saturated carbocycles. The van der Waals surface area contributed by atoms with E-state index in [1.165, 1.54) is 18.4 Å². The van der Waals surface area contributed by atoms with Crippen molar-refractivity contribution in [3.63, 3.8) is 0 Å². The summed E-state index contributed by atoms with van der Waals surface area (Å²) in [5.74, 6) is -0.266. The van der Waals surface area contributed by atoms with Gasteiger partial charge in [-0.1, -0.05) is 11.6 Å². The van der Waals surface area contributed by atoms with E-state index in [0.717, 1.165) is 29.1 Å². The van der Waals surface area contributed by atoms with E-state index in [4.69, 9.17) is 21.3 Å². The maximum atomic E-state index is 13.2. The fraction of sp³-hybridized carbons (Fsp3) is 0.333. The summed E-state index contributed by atoms with van der Waals surface area (Å²) in [4.78, 5) is 25.1. The SMILES string of the molecule is COCCC(NC(=O)c1nc(N(Cc2ccc(Cl)cn2)c2ccc(C#N)cc2)sc1C1CC1)S(=O)O. The minimum atomic E-state index is -2.26. The van der Waals surface area contributed by atoms with Crippen LogP contribution < -0.4 is 10.2 Å². The number of rotatable bonds is 11. The number of methoxy groups -OCH3 is 1. The first-order valence-corrected chi connectivity index (χ1v) is 13.5. The van der Waals surface area contributed by atoms with E-state index in [-0.39, 0.29) is 24.6 Å². The number of nitrogens with one attached hydrogen (secondary N) is 1. The average molecular weight is 546 g/mol. The molecule has 36 heavy (non-hydrogen) atoms. The monoisotopic (exact) mass is 545 g/mol. The van der Waals surface area contributed by atoms with Crippen LogP contribution in [0.4, 0.5) is 10.8 Å². The van der Waals surface area contributed by atoms with E-state index in [0.29, 0.717) is 22.3 Å². The Balaban J connectivity index is 1.69. The van der Waals surface area contributed by atoms with Gasteiger partial charge in [0.05, 0.1) is 28.9 Å². The first kappa shape index (κ1) is 26.2. The summed E-state index contributed by atoms with van der Waals surface area (Å²) < 4.78 is 26.4. The molecule has 1 fully saturated rings. The van der Waals surface area contributed by atoms with E-state index in [2.05, 4.69) is 16.4 Å². The molecule has 9 nitrogen and oxygen atoms in total. The first-order chi connectivity index (χ1) is 17.4. The highest BCUT2D eigenvalue weighted by Gasteiger charge is 2.34. The molecule has 0 bridgehead atoms. The van der Waals surface area contributed by atoms with E-state index in [1.54, 1.807) is 24.4 Å². The molecule has 1 aliphatic rings. The molecule has 2 heterocycles. The third-order valence-electron chi connectivity index (χ3n) is 5.57. The third kappa shape index (κ3) is 6.46. The van der Waals surface area contributed by atoms with Crippen molar-refractivity contribution >= 4 is 50.7 Å². The number of aromatic nitrogens is 2. The van der Waals surface area contributed by atoms with Crippen molar-refractivity contribution in [3.8, 4) is 6.07 Å². The molecule has 0 spiro atoms. The van der Waals surface area contributed by atoms with Crippen molar-refractivity contribution in [1.82, 2.24) is 15.3 Å². The normalized spacial score (nSPS) is 14.6. The van der Waals surface area contributed by atoms with Crippen LogP contribution in [0.25, 0.3) is 0 Å². The van der Waals surface area contributed by atoms with Gasteiger partial charge < -0.3 is 19.5 Å². The van der Waals surface area contributed by atoms with Gasteiger partial charge in [-0.05, 0) is 55.2 Å². The lowest BCUT2D eigenvalue weighted by Gasteiger charge is -2.22. The van der Waals surface area contributed by atoms with Crippen LogP contribution in [0.3, 0.4) is 0 Å². The molecule has 2 unspecified atom stereocenters. The molecule has 1 aromatic carbocycles. The largest absolute Gasteiger partial charge is 0.385 e. The second-order valence-corrected chi connectivity index (χ2v) is 10.8. The molecule has 1 aliphatic carbocycles. The van der Waals surface area contributed by atoms with Crippen molar-refractivity contribution in [2.75, 3.05) is 18.6 Å². The Kier molecular flexibility index (Phi) is 8.66. The highest BCUT2D eigenvalue weighted by Crippen LogP contribution is 2.47. The minimum absolute atomic E-state index is 0.195. The molecular weight excluding hydrogens is 522 g/mol. The Bertz CT molecular complexity index is 1270. The van der Waals surface area contributed by atoms with Crippen molar-refractivity contribution in [2.45, 2.75) is 37.1 Å². The summed E-state index contributed by atoms with van der Waals surface area (Å²) in [5, 5.41) is 12.0. The number of nitrogens with zero attached hydrogens (tertiary/aromatic N) is 4. The van der Waals surface area contributed by atoms with E-state index >= 15 is 0 Å². The number of nitriles is 1. The molecule has 2 aromatic heterocycles. The Morgan fingerprint density at radius 2 is 2.11 bits per heavy atom. The maximum Gasteiger partial charge on any atom is 0.272 e. The number of ether oxygens (including phenoxy) is 1. The lowest BCUT2D eigenvalue weighted by Crippen LogP contribution is -2.39. The Labute approximate surface area is 220 Å². The second-order valence-electron chi connectivity index (χ2n) is 8.22. The van der Waals surface area contributed by atoms with Crippen LogP contribution in [0.1, 0.15) is 51.8 Å². The van der Waals surface area contributed by atoms with Crippen molar-refractivity contribution in [3.05, 3.63) is 69.4 Å². The van der Waals surface area contributed by atoms with Crippen molar-refractivity contribution in [2.24, 2.45) is 0 Å². The molecule has 2 N–H and O–H groups in total. The molecule has 188 valence electrons. The number of hydrogen-bond donors (Lipinski definition) is 2. The number of thiazole rings is 1. The zero-order valence-electron chi connectivity index (χ0n) is 19.4. The van der Waals surface area contributed by atoms with Gasteiger partial charge in [0.15, 0.2) is 16.2 Å². The maximum absolute atomic E-state index is 13.2. The van der Waals surface area contributed by atoms with Crippen molar-refractivity contribution < 1.29 is 18.3 Å². The molecule has 12 heteroatoms. The molecular formula is C24H24ClN5O4S2. The number of benzene rings is 1. The zero-order valence-corrected chi connectivity index (χ0v) is 21.8. The van der Waals surface area contributed by atoms with Crippen molar-refractivity contribution in [1.29, 1.82) is 5.26 Å². The number of carbonyl (C=O) groups is 1. The van der Waals surface area contributed by atoms with Crippen LogP contribution in [-0.2, 0) is 22.4 Å². The van der Waals surface area contributed by atoms with Gasteiger partial charge in [0.2, 0.25) is 0 Å². The number of halogens is 1. The minimum Gasteiger partial charge on any atom is -0.385 e. The summed E-state index contributed by atoms with van der Waals surface area (Å²) in [6, 6.07) is 12.8. The van der Waals surface area contributed by atoms with Gasteiger partial charge in [-0.15, -0.1) is 11.3 Å². The quantitative estimate of drug-likeness (QED) is 0.335. The van der Waals surface area contributed by atoms with E-state index in [9.17, 15) is 18.8 Å². The lowest BCUT2D eigenvalue weighted by molar-refractivity contribution is 0.0935.